The van der Waals surface area contributed by atoms with Crippen molar-refractivity contribution < 1.29 is 14.1 Å². The second-order valence-electron chi connectivity index (χ2n) is 2.99. The Kier molecular flexibility index (Phi) is 2.69. The van der Waals surface area contributed by atoms with E-state index in [1.165, 1.54) is 12.1 Å². The van der Waals surface area contributed by atoms with Crippen molar-refractivity contribution in [3.05, 3.63) is 33.9 Å². The number of carbonyl (C=O) groups excluding carboxylic acids is 1. The first-order valence-corrected chi connectivity index (χ1v) is 5.38. The maximum atomic E-state index is 11.4. The number of carbonyl (C=O) groups is 1. The first-order valence-electron chi connectivity index (χ1n) is 4.26. The van der Waals surface area contributed by atoms with Crippen LogP contribution in [0.1, 0.15) is 10.4 Å². The molecule has 2 rings (SSSR count). The molecule has 0 amide bonds. The monoisotopic (exact) mass is 284 g/mol. The molecule has 1 aromatic heterocycles. The Labute approximate surface area is 97.5 Å². The molecule has 82 valence electrons. The summed E-state index contributed by atoms with van der Waals surface area (Å²) in [6.45, 7) is 0. The summed E-state index contributed by atoms with van der Waals surface area (Å²) in [5, 5.41) is 10.6. The van der Waals surface area contributed by atoms with E-state index in [-0.39, 0.29) is 16.7 Å². The minimum absolute atomic E-state index is 0.124. The van der Waals surface area contributed by atoms with Gasteiger partial charge in [-0.25, -0.2) is 0 Å². The molecule has 0 atom stereocenters. The largest absolute Gasteiger partial charge is 0.546 e. The Hall–Kier alpha value is -1.76. The Morgan fingerprint density at radius 2 is 2.31 bits per heavy atom. The molecule has 6 nitrogen and oxygen atoms in total. The fourth-order valence-corrected chi connectivity index (χ4v) is 1.56. The van der Waals surface area contributed by atoms with Gasteiger partial charge in [0.15, 0.2) is 11.4 Å². The number of rotatable bonds is 3. The molecule has 0 saturated heterocycles. The number of nitrogens with zero attached hydrogens (tertiary/aromatic N) is 2. The highest BCUT2D eigenvalue weighted by Crippen LogP contribution is 2.21. The molecule has 1 heterocycles. The van der Waals surface area contributed by atoms with Crippen LogP contribution >= 0.6 is 15.9 Å². The maximum Gasteiger partial charge on any atom is 0.546 e. The third-order valence-electron chi connectivity index (χ3n) is 1.98. The fraction of sp³-hybridized carbons (Fsp3) is 0.111. The number of benzene rings is 1. The lowest BCUT2D eigenvalue weighted by molar-refractivity contribution is -0.406. The zero-order valence-corrected chi connectivity index (χ0v) is 9.43. The van der Waals surface area contributed by atoms with E-state index < -0.39 is 10.9 Å². The first kappa shape index (κ1) is 10.7. The van der Waals surface area contributed by atoms with Crippen LogP contribution in [-0.2, 0) is 0 Å². The van der Waals surface area contributed by atoms with Crippen molar-refractivity contribution in [2.24, 2.45) is 0 Å². The van der Waals surface area contributed by atoms with Crippen molar-refractivity contribution in [1.82, 2.24) is 4.98 Å². The van der Waals surface area contributed by atoms with Gasteiger partial charge in [0.05, 0.1) is 5.33 Å². The number of aromatic nitrogens is 1. The SMILES string of the molecule is O=C(CBr)c1ccc2nc([N+](=O)[O-])oc2c1. The highest BCUT2D eigenvalue weighted by Gasteiger charge is 2.18. The summed E-state index contributed by atoms with van der Waals surface area (Å²) >= 11 is 3.04. The summed E-state index contributed by atoms with van der Waals surface area (Å²) in [7, 11) is 0. The van der Waals surface area contributed by atoms with E-state index in [1.807, 2.05) is 0 Å². The van der Waals surface area contributed by atoms with Crippen LogP contribution in [-0.4, -0.2) is 21.0 Å². The van der Waals surface area contributed by atoms with E-state index in [0.29, 0.717) is 11.1 Å². The first-order chi connectivity index (χ1) is 7.61. The molecule has 1 aromatic carbocycles. The van der Waals surface area contributed by atoms with Crippen molar-refractivity contribution >= 4 is 38.8 Å². The van der Waals surface area contributed by atoms with E-state index in [4.69, 9.17) is 4.42 Å². The van der Waals surface area contributed by atoms with Gasteiger partial charge in [-0.3, -0.25) is 4.79 Å². The molecule has 0 spiro atoms. The highest BCUT2D eigenvalue weighted by atomic mass is 79.9. The molecule has 0 unspecified atom stereocenters. The molecule has 0 N–H and O–H groups in total. The Morgan fingerprint density at radius 3 is 2.94 bits per heavy atom. The van der Waals surface area contributed by atoms with Gasteiger partial charge in [-0.1, -0.05) is 15.9 Å². The number of Topliss-reactive ketones (excluding diaryl/α,β-unsaturated/α-hetero) is 1. The summed E-state index contributed by atoms with van der Waals surface area (Å²) in [6.07, 6.45) is 0. The zero-order chi connectivity index (χ0) is 11.7. The number of alkyl halides is 1. The third-order valence-corrected chi connectivity index (χ3v) is 2.49. The smallest absolute Gasteiger partial charge is 0.381 e. The lowest BCUT2D eigenvalue weighted by atomic mass is 10.1. The molecule has 0 aliphatic carbocycles. The van der Waals surface area contributed by atoms with E-state index in [9.17, 15) is 14.9 Å². The van der Waals surface area contributed by atoms with Crippen molar-refractivity contribution in [3.8, 4) is 0 Å². The average Bonchev–Trinajstić information content (AvgIpc) is 2.70. The topological polar surface area (TPSA) is 86.2 Å². The Morgan fingerprint density at radius 1 is 1.56 bits per heavy atom. The third kappa shape index (κ3) is 1.81. The molecule has 7 heteroatoms. The quantitative estimate of drug-likeness (QED) is 0.374. The van der Waals surface area contributed by atoms with Crippen LogP contribution in [0.5, 0.6) is 0 Å². The van der Waals surface area contributed by atoms with Crippen LogP contribution < -0.4 is 0 Å². The molecule has 16 heavy (non-hydrogen) atoms. The molecule has 0 saturated carbocycles. The molecule has 0 fully saturated rings. The highest BCUT2D eigenvalue weighted by molar-refractivity contribution is 9.09. The van der Waals surface area contributed by atoms with Crippen molar-refractivity contribution in [2.45, 2.75) is 0 Å². The van der Waals surface area contributed by atoms with E-state index in [1.54, 1.807) is 6.07 Å². The predicted molar refractivity (Wildman–Crippen MR) is 58.8 cm³/mol. The van der Waals surface area contributed by atoms with Crippen LogP contribution in [0.15, 0.2) is 22.6 Å². The van der Waals surface area contributed by atoms with Gasteiger partial charge in [0, 0.05) is 15.5 Å². The summed E-state index contributed by atoms with van der Waals surface area (Å²) in [6, 6.07) is 3.94. The van der Waals surface area contributed by atoms with Crippen LogP contribution in [0.3, 0.4) is 0 Å². The normalized spacial score (nSPS) is 10.6. The average molecular weight is 285 g/mol. The summed E-state index contributed by atoms with van der Waals surface area (Å²) in [5.41, 5.74) is 1.02. The fourth-order valence-electron chi connectivity index (χ4n) is 1.24. The van der Waals surface area contributed by atoms with Gasteiger partial charge >= 0.3 is 6.01 Å². The molecule has 0 aliphatic rings. The van der Waals surface area contributed by atoms with E-state index >= 15 is 0 Å². The molecule has 0 aliphatic heterocycles. The van der Waals surface area contributed by atoms with Gasteiger partial charge in [0.2, 0.25) is 5.52 Å². The van der Waals surface area contributed by atoms with Crippen LogP contribution in [0.4, 0.5) is 6.01 Å². The van der Waals surface area contributed by atoms with Gasteiger partial charge in [0.1, 0.15) is 0 Å². The van der Waals surface area contributed by atoms with Crippen molar-refractivity contribution in [3.63, 3.8) is 0 Å². The van der Waals surface area contributed by atoms with E-state index in [0.717, 1.165) is 0 Å². The van der Waals surface area contributed by atoms with Gasteiger partial charge < -0.3 is 14.5 Å². The number of oxazole rings is 1. The second-order valence-corrected chi connectivity index (χ2v) is 3.55. The van der Waals surface area contributed by atoms with Gasteiger partial charge in [0.25, 0.3) is 0 Å². The lowest BCUT2D eigenvalue weighted by Crippen LogP contribution is -1.98. The molecule has 0 bridgehead atoms. The van der Waals surface area contributed by atoms with Crippen molar-refractivity contribution in [2.75, 3.05) is 5.33 Å². The number of fused-ring (bicyclic) bond motifs is 1. The number of ketones is 1. The van der Waals surface area contributed by atoms with Crippen LogP contribution in [0.25, 0.3) is 11.1 Å². The second kappa shape index (κ2) is 4.01. The molecular weight excluding hydrogens is 280 g/mol. The van der Waals surface area contributed by atoms with E-state index in [2.05, 4.69) is 20.9 Å². The maximum absolute atomic E-state index is 11.4. The number of hydrogen-bond donors (Lipinski definition) is 0. The number of halogens is 1. The summed E-state index contributed by atoms with van der Waals surface area (Å²) in [4.78, 5) is 24.7. The van der Waals surface area contributed by atoms with Crippen LogP contribution in [0.2, 0.25) is 0 Å². The van der Waals surface area contributed by atoms with Gasteiger partial charge in [-0.05, 0) is 18.2 Å². The lowest BCUT2D eigenvalue weighted by Gasteiger charge is -1.93. The number of nitro groups is 1. The number of hydrogen-bond acceptors (Lipinski definition) is 5. The molecule has 2 aromatic rings. The Balaban J connectivity index is 2.53. The van der Waals surface area contributed by atoms with Crippen LogP contribution in [0, 0.1) is 10.1 Å². The van der Waals surface area contributed by atoms with Gasteiger partial charge in [-0.15, -0.1) is 0 Å². The Bertz CT molecular complexity index is 578. The zero-order valence-electron chi connectivity index (χ0n) is 7.84. The minimum Gasteiger partial charge on any atom is -0.381 e. The summed E-state index contributed by atoms with van der Waals surface area (Å²) < 4.78 is 4.89. The minimum atomic E-state index is -0.716. The molecular formula is C9H5BrN2O4. The standard InChI is InChI=1S/C9H5BrN2O4/c10-4-7(13)5-1-2-6-8(3-5)16-9(11-6)12(14)15/h1-3H,4H2. The summed E-state index contributed by atoms with van der Waals surface area (Å²) in [5.74, 6) is -0.124. The molecule has 0 radical (unpaired) electrons. The van der Waals surface area contributed by atoms with Gasteiger partial charge in [-0.2, -0.15) is 0 Å². The van der Waals surface area contributed by atoms with Crippen molar-refractivity contribution in [1.29, 1.82) is 0 Å². The predicted octanol–water partition coefficient (Wildman–Crippen LogP) is 2.31.